The quantitative estimate of drug-likeness (QED) is 0.703. The van der Waals surface area contributed by atoms with Gasteiger partial charge in [0.1, 0.15) is 12.0 Å². The summed E-state index contributed by atoms with van der Waals surface area (Å²) in [7, 11) is 1.64. The van der Waals surface area contributed by atoms with Crippen molar-refractivity contribution >= 4 is 22.8 Å². The van der Waals surface area contributed by atoms with E-state index in [4.69, 9.17) is 10.5 Å². The minimum absolute atomic E-state index is 0.313. The zero-order valence-corrected chi connectivity index (χ0v) is 13.4. The number of methoxy groups -OCH3 is 1. The number of rotatable bonds is 6. The summed E-state index contributed by atoms with van der Waals surface area (Å²) in [4.78, 5) is 15.9. The highest BCUT2D eigenvalue weighted by Gasteiger charge is 2.13. The van der Waals surface area contributed by atoms with Crippen molar-refractivity contribution in [2.24, 2.45) is 0 Å². The van der Waals surface area contributed by atoms with Crippen LogP contribution in [0.25, 0.3) is 11.3 Å². The van der Waals surface area contributed by atoms with Gasteiger partial charge in [-0.2, -0.15) is 5.10 Å². The molecule has 3 rings (SSSR count). The topological polar surface area (TPSA) is 83.0 Å². The molecule has 0 bridgehead atoms. The Morgan fingerprint density at radius 3 is 2.83 bits per heavy atom. The van der Waals surface area contributed by atoms with Crippen LogP contribution < -0.4 is 10.5 Å². The lowest BCUT2D eigenvalue weighted by molar-refractivity contribution is -0.107. The van der Waals surface area contributed by atoms with Gasteiger partial charge in [0.25, 0.3) is 0 Å². The number of ether oxygens (including phenoxy) is 1. The number of nitrogens with two attached hydrogens (primary N) is 1. The summed E-state index contributed by atoms with van der Waals surface area (Å²) >= 11 is 1.34. The maximum absolute atomic E-state index is 10.8. The van der Waals surface area contributed by atoms with E-state index in [9.17, 15) is 4.79 Å². The Balaban J connectivity index is 1.81. The summed E-state index contributed by atoms with van der Waals surface area (Å²) in [5, 5.41) is 4.82. The minimum atomic E-state index is 0.313. The van der Waals surface area contributed by atoms with Crippen molar-refractivity contribution in [3.63, 3.8) is 0 Å². The third kappa shape index (κ3) is 3.40. The lowest BCUT2D eigenvalue weighted by Gasteiger charge is -2.03. The first-order chi connectivity index (χ1) is 11.2. The van der Waals surface area contributed by atoms with Crippen LogP contribution in [0.2, 0.25) is 0 Å². The first-order valence-corrected chi connectivity index (χ1v) is 7.86. The Hall–Kier alpha value is -2.67. The number of nitrogen functional groups attached to an aromatic ring is 1. The predicted octanol–water partition coefficient (Wildman–Crippen LogP) is 2.39. The van der Waals surface area contributed by atoms with Crippen molar-refractivity contribution in [3.05, 3.63) is 47.1 Å². The van der Waals surface area contributed by atoms with E-state index in [0.717, 1.165) is 33.7 Å². The molecule has 2 N–H and O–H groups in total. The first kappa shape index (κ1) is 15.2. The molecule has 2 heterocycles. The van der Waals surface area contributed by atoms with Crippen LogP contribution in [0.15, 0.2) is 36.7 Å². The van der Waals surface area contributed by atoms with E-state index >= 15 is 0 Å². The monoisotopic (exact) mass is 328 g/mol. The number of anilines is 1. The Morgan fingerprint density at radius 1 is 1.35 bits per heavy atom. The molecular weight excluding hydrogens is 312 g/mol. The van der Waals surface area contributed by atoms with Gasteiger partial charge in [0.05, 0.1) is 25.5 Å². The van der Waals surface area contributed by atoms with E-state index in [1.807, 2.05) is 35.1 Å². The molecule has 0 spiro atoms. The largest absolute Gasteiger partial charge is 0.497 e. The molecule has 23 heavy (non-hydrogen) atoms. The second-order valence-electron chi connectivity index (χ2n) is 4.97. The van der Waals surface area contributed by atoms with Crippen molar-refractivity contribution in [1.82, 2.24) is 14.8 Å². The molecule has 118 valence electrons. The van der Waals surface area contributed by atoms with Gasteiger partial charge in [0.15, 0.2) is 5.13 Å². The fourth-order valence-electron chi connectivity index (χ4n) is 2.30. The van der Waals surface area contributed by atoms with Crippen LogP contribution in [0.3, 0.4) is 0 Å². The van der Waals surface area contributed by atoms with Crippen LogP contribution in [-0.4, -0.2) is 28.2 Å². The number of carbonyl (C=O) groups excluding carboxylic acids is 1. The Kier molecular flexibility index (Phi) is 4.38. The Morgan fingerprint density at radius 2 is 2.13 bits per heavy atom. The van der Waals surface area contributed by atoms with Crippen LogP contribution in [0.5, 0.6) is 5.75 Å². The number of thiazole rings is 1. The summed E-state index contributed by atoms with van der Waals surface area (Å²) in [5.74, 6) is 0.825. The maximum atomic E-state index is 10.8. The van der Waals surface area contributed by atoms with Gasteiger partial charge in [0, 0.05) is 23.1 Å². The summed E-state index contributed by atoms with van der Waals surface area (Å²) in [6.07, 6.45) is 4.82. The Labute approximate surface area is 137 Å². The van der Waals surface area contributed by atoms with Crippen molar-refractivity contribution < 1.29 is 9.53 Å². The van der Waals surface area contributed by atoms with Crippen molar-refractivity contribution in [2.45, 2.75) is 13.0 Å². The average molecular weight is 328 g/mol. The molecule has 0 aliphatic rings. The molecule has 0 aliphatic heterocycles. The third-order valence-corrected chi connectivity index (χ3v) is 4.30. The molecule has 7 heteroatoms. The smallest absolute Gasteiger partial charge is 0.180 e. The molecule has 0 saturated carbocycles. The Bertz CT molecular complexity index is 808. The second-order valence-corrected chi connectivity index (χ2v) is 6.08. The molecule has 0 amide bonds. The van der Waals surface area contributed by atoms with Gasteiger partial charge in [-0.25, -0.2) is 4.98 Å². The highest BCUT2D eigenvalue weighted by atomic mass is 32.1. The molecule has 0 radical (unpaired) electrons. The predicted molar refractivity (Wildman–Crippen MR) is 89.6 cm³/mol. The van der Waals surface area contributed by atoms with Crippen LogP contribution in [0.4, 0.5) is 5.13 Å². The summed E-state index contributed by atoms with van der Waals surface area (Å²) < 4.78 is 6.98. The van der Waals surface area contributed by atoms with Crippen LogP contribution in [0, 0.1) is 0 Å². The van der Waals surface area contributed by atoms with Crippen LogP contribution >= 0.6 is 11.3 Å². The molecule has 0 saturated heterocycles. The van der Waals surface area contributed by atoms with E-state index in [1.54, 1.807) is 13.3 Å². The summed E-state index contributed by atoms with van der Waals surface area (Å²) in [6.45, 7) is 0.645. The fraction of sp³-hybridized carbons (Fsp3) is 0.188. The zero-order valence-electron chi connectivity index (χ0n) is 12.6. The molecule has 0 aliphatic carbocycles. The number of carbonyl (C=O) groups is 1. The number of hydrogen-bond donors (Lipinski definition) is 1. The van der Waals surface area contributed by atoms with E-state index in [0.29, 0.717) is 18.1 Å². The standard InChI is InChI=1S/C16H16N4O2S/c1-22-13-4-2-11(3-5-13)9-20-10-12(8-18-20)15-14(6-7-21)23-16(17)19-15/h2-5,7-8,10H,6,9H2,1H3,(H2,17,19). The van der Waals surface area contributed by atoms with Gasteiger partial charge in [-0.05, 0) is 17.7 Å². The fourth-order valence-corrected chi connectivity index (χ4v) is 3.10. The van der Waals surface area contributed by atoms with Crippen LogP contribution in [-0.2, 0) is 17.8 Å². The van der Waals surface area contributed by atoms with Crippen molar-refractivity contribution in [3.8, 4) is 17.0 Å². The SMILES string of the molecule is COc1ccc(Cn2cc(-c3nc(N)sc3CC=O)cn2)cc1. The number of hydrogen-bond acceptors (Lipinski definition) is 6. The zero-order chi connectivity index (χ0) is 16.2. The van der Waals surface area contributed by atoms with E-state index in [2.05, 4.69) is 10.1 Å². The average Bonchev–Trinajstić information content (AvgIpc) is 3.15. The molecule has 2 aromatic heterocycles. The highest BCUT2D eigenvalue weighted by molar-refractivity contribution is 7.15. The molecule has 0 fully saturated rings. The molecule has 6 nitrogen and oxygen atoms in total. The van der Waals surface area contributed by atoms with Crippen LogP contribution in [0.1, 0.15) is 10.4 Å². The lowest BCUT2D eigenvalue weighted by atomic mass is 10.2. The highest BCUT2D eigenvalue weighted by Crippen LogP contribution is 2.29. The van der Waals surface area contributed by atoms with Crippen molar-refractivity contribution in [2.75, 3.05) is 12.8 Å². The van der Waals surface area contributed by atoms with Gasteiger partial charge < -0.3 is 15.3 Å². The number of benzene rings is 1. The molecule has 3 aromatic rings. The summed E-state index contributed by atoms with van der Waals surface area (Å²) in [5.41, 5.74) is 8.47. The van der Waals surface area contributed by atoms with Gasteiger partial charge in [0.2, 0.25) is 0 Å². The molecule has 0 unspecified atom stereocenters. The number of aldehydes is 1. The van der Waals surface area contributed by atoms with E-state index in [-0.39, 0.29) is 0 Å². The number of nitrogens with zero attached hydrogens (tertiary/aromatic N) is 3. The minimum Gasteiger partial charge on any atom is -0.497 e. The number of aromatic nitrogens is 3. The van der Waals surface area contributed by atoms with Gasteiger partial charge in [-0.1, -0.05) is 12.1 Å². The normalized spacial score (nSPS) is 10.7. The lowest BCUT2D eigenvalue weighted by Crippen LogP contribution is -1.99. The van der Waals surface area contributed by atoms with Gasteiger partial charge in [-0.15, -0.1) is 11.3 Å². The molecule has 0 atom stereocenters. The second kappa shape index (κ2) is 6.62. The van der Waals surface area contributed by atoms with Crippen molar-refractivity contribution in [1.29, 1.82) is 0 Å². The van der Waals surface area contributed by atoms with Gasteiger partial charge >= 0.3 is 0 Å². The molecular formula is C16H16N4O2S. The third-order valence-electron chi connectivity index (χ3n) is 3.39. The summed E-state index contributed by atoms with van der Waals surface area (Å²) in [6, 6.07) is 7.84. The molecule has 1 aromatic carbocycles. The maximum Gasteiger partial charge on any atom is 0.180 e. The van der Waals surface area contributed by atoms with E-state index < -0.39 is 0 Å². The van der Waals surface area contributed by atoms with Gasteiger partial charge in [-0.3, -0.25) is 4.68 Å². The van der Waals surface area contributed by atoms with E-state index in [1.165, 1.54) is 11.3 Å². The first-order valence-electron chi connectivity index (χ1n) is 7.04.